The van der Waals surface area contributed by atoms with Crippen molar-refractivity contribution in [2.24, 2.45) is 5.73 Å². The third-order valence-electron chi connectivity index (χ3n) is 4.44. The quantitative estimate of drug-likeness (QED) is 0.788. The molecule has 0 aliphatic heterocycles. The van der Waals surface area contributed by atoms with E-state index >= 15 is 0 Å². The van der Waals surface area contributed by atoms with Crippen LogP contribution in [0.3, 0.4) is 0 Å². The second kappa shape index (κ2) is 6.22. The molecule has 0 bridgehead atoms. The minimum absolute atomic E-state index is 0.308. The van der Waals surface area contributed by atoms with Crippen molar-refractivity contribution < 1.29 is 0 Å². The van der Waals surface area contributed by atoms with Gasteiger partial charge in [-0.15, -0.1) is 11.3 Å². The van der Waals surface area contributed by atoms with Crippen molar-refractivity contribution in [3.05, 3.63) is 33.1 Å². The first-order chi connectivity index (χ1) is 10.5. The summed E-state index contributed by atoms with van der Waals surface area (Å²) in [6, 6.07) is 2.32. The van der Waals surface area contributed by atoms with Crippen LogP contribution in [0.2, 0.25) is 0 Å². The van der Waals surface area contributed by atoms with Crippen molar-refractivity contribution in [1.29, 1.82) is 0 Å². The Morgan fingerprint density at radius 2 is 2.09 bits per heavy atom. The Morgan fingerprint density at radius 3 is 2.73 bits per heavy atom. The fraction of sp³-hybridized carbons (Fsp3) is 0.500. The Labute approximate surface area is 135 Å². The molecule has 22 heavy (non-hydrogen) atoms. The van der Waals surface area contributed by atoms with Crippen LogP contribution in [0.4, 0.5) is 11.8 Å². The van der Waals surface area contributed by atoms with Gasteiger partial charge in [0.1, 0.15) is 5.82 Å². The number of rotatable bonds is 5. The van der Waals surface area contributed by atoms with Gasteiger partial charge in [-0.1, -0.05) is 0 Å². The monoisotopic (exact) mass is 317 g/mol. The number of nitrogens with zero attached hydrogens (tertiary/aromatic N) is 2. The highest BCUT2D eigenvalue weighted by atomic mass is 32.1. The van der Waals surface area contributed by atoms with E-state index in [0.717, 1.165) is 37.3 Å². The molecule has 1 saturated carbocycles. The molecule has 1 fully saturated rings. The summed E-state index contributed by atoms with van der Waals surface area (Å²) in [7, 11) is 0. The minimum Gasteiger partial charge on any atom is -0.370 e. The molecule has 0 aromatic carbocycles. The lowest BCUT2D eigenvalue weighted by molar-refractivity contribution is 0.345. The number of aryl methyl sites for hydroxylation is 1. The second-order valence-corrected chi connectivity index (χ2v) is 7.17. The lowest BCUT2D eigenvalue weighted by atomic mass is 9.78. The van der Waals surface area contributed by atoms with Crippen molar-refractivity contribution in [1.82, 2.24) is 9.97 Å². The first-order valence-electron chi connectivity index (χ1n) is 7.70. The zero-order chi connectivity index (χ0) is 15.7. The zero-order valence-electron chi connectivity index (χ0n) is 13.1. The molecule has 5 N–H and O–H groups in total. The number of anilines is 2. The molecule has 1 aliphatic rings. The lowest BCUT2D eigenvalue weighted by Crippen LogP contribution is -2.35. The molecule has 0 saturated heterocycles. The molecule has 0 atom stereocenters. The number of hydrogen-bond acceptors (Lipinski definition) is 6. The van der Waals surface area contributed by atoms with E-state index in [1.165, 1.54) is 16.0 Å². The van der Waals surface area contributed by atoms with Gasteiger partial charge in [0.25, 0.3) is 0 Å². The van der Waals surface area contributed by atoms with Crippen molar-refractivity contribution in [3.63, 3.8) is 0 Å². The van der Waals surface area contributed by atoms with E-state index < -0.39 is 0 Å². The van der Waals surface area contributed by atoms with Gasteiger partial charge in [0.2, 0.25) is 5.95 Å². The van der Waals surface area contributed by atoms with E-state index in [-0.39, 0.29) is 0 Å². The topological polar surface area (TPSA) is 89.8 Å². The SMILES string of the molecule is Cc1scc(CCNc2cc(C3CC(N)C3)nc(N)n2)c1C. The van der Waals surface area contributed by atoms with Crippen molar-refractivity contribution in [2.45, 2.75) is 45.1 Å². The van der Waals surface area contributed by atoms with Gasteiger partial charge in [0, 0.05) is 29.4 Å². The van der Waals surface area contributed by atoms with Crippen molar-refractivity contribution in [3.8, 4) is 0 Å². The number of nitrogens with one attached hydrogen (secondary N) is 1. The maximum absolute atomic E-state index is 5.85. The summed E-state index contributed by atoms with van der Waals surface area (Å²) < 4.78 is 0. The predicted molar refractivity (Wildman–Crippen MR) is 92.4 cm³/mol. The molecule has 0 spiro atoms. The van der Waals surface area contributed by atoms with Crippen LogP contribution < -0.4 is 16.8 Å². The smallest absolute Gasteiger partial charge is 0.222 e. The molecule has 118 valence electrons. The summed E-state index contributed by atoms with van der Waals surface area (Å²) in [5, 5.41) is 5.61. The molecule has 0 amide bonds. The summed E-state index contributed by atoms with van der Waals surface area (Å²) in [6.07, 6.45) is 2.97. The Morgan fingerprint density at radius 1 is 1.32 bits per heavy atom. The van der Waals surface area contributed by atoms with E-state index in [9.17, 15) is 0 Å². The van der Waals surface area contributed by atoms with Gasteiger partial charge in [0.15, 0.2) is 0 Å². The number of nitrogens with two attached hydrogens (primary N) is 2. The predicted octanol–water partition coefficient (Wildman–Crippen LogP) is 2.60. The molecule has 2 aromatic heterocycles. The fourth-order valence-electron chi connectivity index (χ4n) is 2.82. The highest BCUT2D eigenvalue weighted by molar-refractivity contribution is 7.10. The summed E-state index contributed by atoms with van der Waals surface area (Å²) in [5.74, 6) is 1.58. The molecule has 6 heteroatoms. The van der Waals surface area contributed by atoms with Crippen LogP contribution in [0.5, 0.6) is 0 Å². The minimum atomic E-state index is 0.308. The van der Waals surface area contributed by atoms with Crippen molar-refractivity contribution in [2.75, 3.05) is 17.6 Å². The molecular formula is C16H23N5S. The normalized spacial score (nSPS) is 20.7. The van der Waals surface area contributed by atoms with Crippen LogP contribution in [0.15, 0.2) is 11.4 Å². The van der Waals surface area contributed by atoms with Gasteiger partial charge >= 0.3 is 0 Å². The van der Waals surface area contributed by atoms with Gasteiger partial charge in [-0.2, -0.15) is 4.98 Å². The van der Waals surface area contributed by atoms with Crippen LogP contribution in [0.1, 0.15) is 40.5 Å². The zero-order valence-corrected chi connectivity index (χ0v) is 13.9. The average Bonchev–Trinajstić information content (AvgIpc) is 2.75. The van der Waals surface area contributed by atoms with Crippen LogP contribution in [0.25, 0.3) is 0 Å². The van der Waals surface area contributed by atoms with E-state index in [0.29, 0.717) is 17.9 Å². The molecular weight excluding hydrogens is 294 g/mol. The van der Waals surface area contributed by atoms with E-state index in [1.807, 2.05) is 17.4 Å². The average molecular weight is 317 g/mol. The molecule has 3 rings (SSSR count). The second-order valence-electron chi connectivity index (χ2n) is 6.08. The van der Waals surface area contributed by atoms with Crippen LogP contribution >= 0.6 is 11.3 Å². The lowest BCUT2D eigenvalue weighted by Gasteiger charge is -2.32. The molecule has 0 radical (unpaired) electrons. The van der Waals surface area contributed by atoms with E-state index in [4.69, 9.17) is 11.5 Å². The molecule has 2 aromatic rings. The highest BCUT2D eigenvalue weighted by Gasteiger charge is 2.29. The molecule has 2 heterocycles. The first kappa shape index (κ1) is 15.2. The van der Waals surface area contributed by atoms with E-state index in [2.05, 4.69) is 34.5 Å². The number of hydrogen-bond donors (Lipinski definition) is 3. The van der Waals surface area contributed by atoms with E-state index in [1.54, 1.807) is 0 Å². The van der Waals surface area contributed by atoms with Gasteiger partial charge in [0.05, 0.1) is 5.69 Å². The summed E-state index contributed by atoms with van der Waals surface area (Å²) >= 11 is 1.81. The number of nitrogen functional groups attached to an aromatic ring is 1. The Kier molecular flexibility index (Phi) is 4.31. The number of thiophene rings is 1. The maximum Gasteiger partial charge on any atom is 0.222 e. The van der Waals surface area contributed by atoms with Crippen LogP contribution in [-0.4, -0.2) is 22.6 Å². The first-order valence-corrected chi connectivity index (χ1v) is 8.58. The molecule has 5 nitrogen and oxygen atoms in total. The fourth-order valence-corrected chi connectivity index (χ4v) is 3.74. The third kappa shape index (κ3) is 3.23. The summed E-state index contributed by atoms with van der Waals surface area (Å²) in [6.45, 7) is 5.19. The van der Waals surface area contributed by atoms with Crippen molar-refractivity contribution >= 4 is 23.1 Å². The summed E-state index contributed by atoms with van der Waals surface area (Å²) in [5.41, 5.74) is 15.5. The van der Waals surface area contributed by atoms with Gasteiger partial charge < -0.3 is 16.8 Å². The summed E-state index contributed by atoms with van der Waals surface area (Å²) in [4.78, 5) is 10.0. The van der Waals surface area contributed by atoms with Gasteiger partial charge in [-0.05, 0) is 49.6 Å². The van der Waals surface area contributed by atoms with Gasteiger partial charge in [-0.3, -0.25) is 0 Å². The van der Waals surface area contributed by atoms with Crippen LogP contribution in [0, 0.1) is 13.8 Å². The Balaban J connectivity index is 1.61. The standard InChI is InChI=1S/C16H23N5S/c1-9-10(2)22-8-11(9)3-4-19-15-7-14(20-16(18)21-15)12-5-13(17)6-12/h7-8,12-13H,3-6,17H2,1-2H3,(H3,18,19,20,21). The third-order valence-corrected chi connectivity index (χ3v) is 5.51. The Bertz CT molecular complexity index is 661. The number of aromatic nitrogens is 2. The largest absolute Gasteiger partial charge is 0.370 e. The molecule has 0 unspecified atom stereocenters. The maximum atomic E-state index is 5.85. The van der Waals surface area contributed by atoms with Gasteiger partial charge in [-0.25, -0.2) is 4.98 Å². The van der Waals surface area contributed by atoms with Crippen LogP contribution in [-0.2, 0) is 6.42 Å². The molecule has 1 aliphatic carbocycles. The Hall–Kier alpha value is -1.66. The highest BCUT2D eigenvalue weighted by Crippen LogP contribution is 2.35.